The summed E-state index contributed by atoms with van der Waals surface area (Å²) in [5.74, 6) is -0.557. The molecule has 2 rings (SSSR count). The van der Waals surface area contributed by atoms with Crippen LogP contribution in [0.2, 0.25) is 0 Å². The molecule has 0 aliphatic heterocycles. The van der Waals surface area contributed by atoms with Gasteiger partial charge in [0.25, 0.3) is 5.91 Å². The fourth-order valence-electron chi connectivity index (χ4n) is 1.76. The first-order valence-corrected chi connectivity index (χ1v) is 6.18. The van der Waals surface area contributed by atoms with E-state index in [0.29, 0.717) is 16.8 Å². The lowest BCUT2D eigenvalue weighted by molar-refractivity contribution is 0.0993. The van der Waals surface area contributed by atoms with Gasteiger partial charge in [-0.1, -0.05) is 42.5 Å². The highest BCUT2D eigenvalue weighted by atomic mass is 16.1. The van der Waals surface area contributed by atoms with E-state index in [1.54, 1.807) is 36.4 Å². The van der Waals surface area contributed by atoms with Gasteiger partial charge in [-0.05, 0) is 12.1 Å². The van der Waals surface area contributed by atoms with Crippen LogP contribution < -0.4 is 5.73 Å². The third-order valence-electron chi connectivity index (χ3n) is 2.77. The van der Waals surface area contributed by atoms with Crippen LogP contribution in [0.1, 0.15) is 27.1 Å². The Balaban J connectivity index is 2.08. The summed E-state index contributed by atoms with van der Waals surface area (Å²) in [4.78, 5) is 27.2. The number of nitrogens with zero attached hydrogens (tertiary/aromatic N) is 1. The van der Waals surface area contributed by atoms with Gasteiger partial charge in [-0.15, -0.1) is 0 Å². The van der Waals surface area contributed by atoms with Crippen molar-refractivity contribution in [3.8, 4) is 0 Å². The number of primary amides is 1. The minimum atomic E-state index is -0.535. The molecular formula is C16H14N2O2. The summed E-state index contributed by atoms with van der Waals surface area (Å²) >= 11 is 0. The SMILES string of the molecule is NC(=O)c1ccccc1N=CCC(=O)c1ccccc1. The van der Waals surface area contributed by atoms with Crippen LogP contribution in [-0.4, -0.2) is 17.9 Å². The van der Waals surface area contributed by atoms with Gasteiger partial charge < -0.3 is 5.73 Å². The number of hydrogen-bond donors (Lipinski definition) is 1. The Morgan fingerprint density at radius 2 is 1.65 bits per heavy atom. The van der Waals surface area contributed by atoms with Crippen molar-refractivity contribution in [3.05, 3.63) is 65.7 Å². The highest BCUT2D eigenvalue weighted by Gasteiger charge is 2.06. The molecule has 4 nitrogen and oxygen atoms in total. The van der Waals surface area contributed by atoms with Crippen molar-refractivity contribution in [1.29, 1.82) is 0 Å². The monoisotopic (exact) mass is 266 g/mol. The highest BCUT2D eigenvalue weighted by Crippen LogP contribution is 2.17. The van der Waals surface area contributed by atoms with Gasteiger partial charge in [-0.25, -0.2) is 0 Å². The van der Waals surface area contributed by atoms with Crippen LogP contribution in [0, 0.1) is 0 Å². The van der Waals surface area contributed by atoms with E-state index in [2.05, 4.69) is 4.99 Å². The molecule has 0 atom stereocenters. The van der Waals surface area contributed by atoms with Gasteiger partial charge in [-0.2, -0.15) is 0 Å². The molecule has 0 aromatic heterocycles. The minimum absolute atomic E-state index is 0.0223. The van der Waals surface area contributed by atoms with E-state index in [1.807, 2.05) is 18.2 Å². The number of Topliss-reactive ketones (excluding diaryl/α,β-unsaturated/α-hetero) is 1. The second-order valence-corrected chi connectivity index (χ2v) is 4.19. The molecule has 2 aromatic rings. The molecule has 0 aliphatic rings. The zero-order valence-electron chi connectivity index (χ0n) is 10.8. The quantitative estimate of drug-likeness (QED) is 0.667. The Bertz CT molecular complexity index is 649. The molecule has 2 aromatic carbocycles. The van der Waals surface area contributed by atoms with E-state index in [9.17, 15) is 9.59 Å². The van der Waals surface area contributed by atoms with Crippen LogP contribution in [0.15, 0.2) is 59.6 Å². The largest absolute Gasteiger partial charge is 0.366 e. The van der Waals surface area contributed by atoms with Crippen LogP contribution in [0.25, 0.3) is 0 Å². The van der Waals surface area contributed by atoms with Crippen LogP contribution >= 0.6 is 0 Å². The van der Waals surface area contributed by atoms with Crippen LogP contribution in [0.4, 0.5) is 5.69 Å². The normalized spacial score (nSPS) is 10.6. The van der Waals surface area contributed by atoms with Crippen LogP contribution in [0.3, 0.4) is 0 Å². The van der Waals surface area contributed by atoms with Gasteiger partial charge in [0.05, 0.1) is 11.3 Å². The van der Waals surface area contributed by atoms with Crippen molar-refractivity contribution in [3.63, 3.8) is 0 Å². The number of nitrogens with two attached hydrogens (primary N) is 1. The first-order chi connectivity index (χ1) is 9.68. The first kappa shape index (κ1) is 13.7. The summed E-state index contributed by atoms with van der Waals surface area (Å²) in [6.07, 6.45) is 1.67. The number of carbonyl (C=O) groups is 2. The predicted octanol–water partition coefficient (Wildman–Crippen LogP) is 2.76. The smallest absolute Gasteiger partial charge is 0.250 e. The van der Waals surface area contributed by atoms with Gasteiger partial charge in [0.15, 0.2) is 5.78 Å². The number of aliphatic imine (C=N–C) groups is 1. The maximum Gasteiger partial charge on any atom is 0.250 e. The van der Waals surface area contributed by atoms with E-state index in [0.717, 1.165) is 0 Å². The van der Waals surface area contributed by atoms with E-state index >= 15 is 0 Å². The lowest BCUT2D eigenvalue weighted by atomic mass is 10.1. The Labute approximate surface area is 117 Å². The molecule has 0 spiro atoms. The molecule has 0 saturated carbocycles. The average molecular weight is 266 g/mol. The molecule has 0 unspecified atom stereocenters. The highest BCUT2D eigenvalue weighted by molar-refractivity contribution is 6.04. The molecule has 1 amide bonds. The summed E-state index contributed by atoms with van der Waals surface area (Å²) in [7, 11) is 0. The molecule has 4 heteroatoms. The van der Waals surface area contributed by atoms with Crippen molar-refractivity contribution in [2.24, 2.45) is 10.7 Å². The second kappa shape index (κ2) is 6.43. The number of benzene rings is 2. The Morgan fingerprint density at radius 3 is 2.35 bits per heavy atom. The van der Waals surface area contributed by atoms with Gasteiger partial charge in [0.1, 0.15) is 0 Å². The number of carbonyl (C=O) groups excluding carboxylic acids is 2. The lowest BCUT2D eigenvalue weighted by Gasteiger charge is -2.00. The molecule has 0 aliphatic carbocycles. The molecular weight excluding hydrogens is 252 g/mol. The van der Waals surface area contributed by atoms with Crippen molar-refractivity contribution < 1.29 is 9.59 Å². The summed E-state index contributed by atoms with van der Waals surface area (Å²) in [5, 5.41) is 0. The van der Waals surface area contributed by atoms with Crippen molar-refractivity contribution in [1.82, 2.24) is 0 Å². The number of para-hydroxylation sites is 1. The first-order valence-electron chi connectivity index (χ1n) is 6.18. The molecule has 0 radical (unpaired) electrons. The molecule has 0 bridgehead atoms. The molecule has 0 heterocycles. The number of hydrogen-bond acceptors (Lipinski definition) is 3. The molecule has 100 valence electrons. The molecule has 0 fully saturated rings. The lowest BCUT2D eigenvalue weighted by Crippen LogP contribution is -2.10. The van der Waals surface area contributed by atoms with Crippen molar-refractivity contribution >= 4 is 23.6 Å². The van der Waals surface area contributed by atoms with E-state index in [4.69, 9.17) is 5.73 Å². The fourth-order valence-corrected chi connectivity index (χ4v) is 1.76. The summed E-state index contributed by atoms with van der Waals surface area (Å²) in [6, 6.07) is 15.8. The zero-order chi connectivity index (χ0) is 14.4. The van der Waals surface area contributed by atoms with Crippen LogP contribution in [-0.2, 0) is 0 Å². The second-order valence-electron chi connectivity index (χ2n) is 4.19. The summed E-state index contributed by atoms with van der Waals surface area (Å²) < 4.78 is 0. The number of amides is 1. The zero-order valence-corrected chi connectivity index (χ0v) is 10.8. The van der Waals surface area contributed by atoms with Crippen molar-refractivity contribution in [2.75, 3.05) is 0 Å². The fraction of sp³-hybridized carbons (Fsp3) is 0.0625. The van der Waals surface area contributed by atoms with E-state index in [-0.39, 0.29) is 12.2 Å². The molecule has 2 N–H and O–H groups in total. The number of ketones is 1. The van der Waals surface area contributed by atoms with Gasteiger partial charge in [0, 0.05) is 18.2 Å². The van der Waals surface area contributed by atoms with Gasteiger partial charge in [-0.3, -0.25) is 14.6 Å². The standard InChI is InChI=1S/C16H14N2O2/c17-16(20)13-8-4-5-9-14(13)18-11-10-15(19)12-6-2-1-3-7-12/h1-9,11H,10H2,(H2,17,20). The minimum Gasteiger partial charge on any atom is -0.366 e. The van der Waals surface area contributed by atoms with Gasteiger partial charge >= 0.3 is 0 Å². The predicted molar refractivity (Wildman–Crippen MR) is 78.5 cm³/mol. The third-order valence-corrected chi connectivity index (χ3v) is 2.77. The van der Waals surface area contributed by atoms with E-state index in [1.165, 1.54) is 6.21 Å². The topological polar surface area (TPSA) is 72.5 Å². The maximum atomic E-state index is 11.9. The number of rotatable bonds is 5. The van der Waals surface area contributed by atoms with E-state index < -0.39 is 5.91 Å². The summed E-state index contributed by atoms with van der Waals surface area (Å²) in [6.45, 7) is 0. The van der Waals surface area contributed by atoms with Gasteiger partial charge in [0.2, 0.25) is 0 Å². The molecule has 20 heavy (non-hydrogen) atoms. The Kier molecular flexibility index (Phi) is 4.39. The Morgan fingerprint density at radius 1 is 1.00 bits per heavy atom. The van der Waals surface area contributed by atoms with Crippen LogP contribution in [0.5, 0.6) is 0 Å². The molecule has 0 saturated heterocycles. The Hall–Kier alpha value is -2.75. The third kappa shape index (κ3) is 3.38. The summed E-state index contributed by atoms with van der Waals surface area (Å²) in [5.41, 5.74) is 6.71. The maximum absolute atomic E-state index is 11.9. The van der Waals surface area contributed by atoms with Crippen molar-refractivity contribution in [2.45, 2.75) is 6.42 Å². The average Bonchev–Trinajstić information content (AvgIpc) is 2.48.